The lowest BCUT2D eigenvalue weighted by molar-refractivity contribution is -0.120. The van der Waals surface area contributed by atoms with Crippen LogP contribution >= 0.6 is 23.4 Å². The van der Waals surface area contributed by atoms with Crippen LogP contribution in [0.1, 0.15) is 25.8 Å². The van der Waals surface area contributed by atoms with E-state index in [1.54, 1.807) is 11.8 Å². The highest BCUT2D eigenvalue weighted by Gasteiger charge is 2.08. The Morgan fingerprint density at radius 3 is 2.44 bits per heavy atom. The molecule has 0 heterocycles. The SMILES string of the molecule is CCOc1ccc(CCC(=O)NCCSc2ccc(Cl)cc2)cc1OCC. The third kappa shape index (κ3) is 7.73. The van der Waals surface area contributed by atoms with Gasteiger partial charge < -0.3 is 14.8 Å². The molecule has 4 nitrogen and oxygen atoms in total. The van der Waals surface area contributed by atoms with Gasteiger partial charge in [-0.25, -0.2) is 0 Å². The molecule has 0 fully saturated rings. The average molecular weight is 408 g/mol. The van der Waals surface area contributed by atoms with E-state index in [9.17, 15) is 4.79 Å². The molecule has 0 bridgehead atoms. The van der Waals surface area contributed by atoms with Crippen molar-refractivity contribution in [1.29, 1.82) is 0 Å². The quantitative estimate of drug-likeness (QED) is 0.421. The van der Waals surface area contributed by atoms with Crippen LogP contribution in [0.15, 0.2) is 47.4 Å². The number of hydrogen-bond donors (Lipinski definition) is 1. The monoisotopic (exact) mass is 407 g/mol. The van der Waals surface area contributed by atoms with Crippen LogP contribution in [0.4, 0.5) is 0 Å². The lowest BCUT2D eigenvalue weighted by Crippen LogP contribution is -2.25. The summed E-state index contributed by atoms with van der Waals surface area (Å²) < 4.78 is 11.2. The van der Waals surface area contributed by atoms with Gasteiger partial charge >= 0.3 is 0 Å². The molecule has 0 aromatic heterocycles. The zero-order chi connectivity index (χ0) is 19.5. The fourth-order valence-electron chi connectivity index (χ4n) is 2.49. The Morgan fingerprint density at radius 1 is 1.04 bits per heavy atom. The zero-order valence-corrected chi connectivity index (χ0v) is 17.4. The number of aryl methyl sites for hydroxylation is 1. The van der Waals surface area contributed by atoms with E-state index in [0.29, 0.717) is 32.6 Å². The van der Waals surface area contributed by atoms with E-state index in [2.05, 4.69) is 5.32 Å². The zero-order valence-electron chi connectivity index (χ0n) is 15.8. The summed E-state index contributed by atoms with van der Waals surface area (Å²) in [4.78, 5) is 13.2. The van der Waals surface area contributed by atoms with Crippen molar-refractivity contribution in [2.24, 2.45) is 0 Å². The number of hydrogen-bond acceptors (Lipinski definition) is 4. The van der Waals surface area contributed by atoms with Gasteiger partial charge in [-0.3, -0.25) is 4.79 Å². The maximum atomic E-state index is 12.1. The topological polar surface area (TPSA) is 47.6 Å². The smallest absolute Gasteiger partial charge is 0.220 e. The minimum atomic E-state index is 0.0542. The van der Waals surface area contributed by atoms with Gasteiger partial charge in [0.25, 0.3) is 0 Å². The number of halogens is 1. The van der Waals surface area contributed by atoms with Crippen molar-refractivity contribution in [1.82, 2.24) is 5.32 Å². The van der Waals surface area contributed by atoms with Crippen LogP contribution in [0, 0.1) is 0 Å². The van der Waals surface area contributed by atoms with Crippen LogP contribution in [0.25, 0.3) is 0 Å². The fourth-order valence-corrected chi connectivity index (χ4v) is 3.38. The summed E-state index contributed by atoms with van der Waals surface area (Å²) in [6.07, 6.45) is 1.12. The van der Waals surface area contributed by atoms with E-state index in [0.717, 1.165) is 32.7 Å². The van der Waals surface area contributed by atoms with Crippen molar-refractivity contribution >= 4 is 29.3 Å². The molecule has 2 rings (SSSR count). The highest BCUT2D eigenvalue weighted by molar-refractivity contribution is 7.99. The minimum Gasteiger partial charge on any atom is -0.490 e. The summed E-state index contributed by atoms with van der Waals surface area (Å²) in [6.45, 7) is 5.70. The van der Waals surface area contributed by atoms with Gasteiger partial charge in [-0.2, -0.15) is 0 Å². The highest BCUT2D eigenvalue weighted by Crippen LogP contribution is 2.29. The number of ether oxygens (including phenoxy) is 2. The summed E-state index contributed by atoms with van der Waals surface area (Å²) in [7, 11) is 0. The van der Waals surface area contributed by atoms with Crippen LogP contribution in [0.3, 0.4) is 0 Å². The molecule has 2 aromatic carbocycles. The number of carbonyl (C=O) groups is 1. The van der Waals surface area contributed by atoms with Crippen molar-refractivity contribution < 1.29 is 14.3 Å². The Balaban J connectivity index is 1.73. The molecular formula is C21H26ClNO3S. The first-order valence-electron chi connectivity index (χ1n) is 9.16. The van der Waals surface area contributed by atoms with E-state index in [1.165, 1.54) is 0 Å². The molecular weight excluding hydrogens is 382 g/mol. The molecule has 0 aliphatic rings. The van der Waals surface area contributed by atoms with Gasteiger partial charge in [-0.05, 0) is 62.2 Å². The molecule has 0 aliphatic carbocycles. The lowest BCUT2D eigenvalue weighted by Gasteiger charge is -2.12. The van der Waals surface area contributed by atoms with Crippen molar-refractivity contribution in [3.8, 4) is 11.5 Å². The molecule has 1 amide bonds. The van der Waals surface area contributed by atoms with E-state index in [4.69, 9.17) is 21.1 Å². The second kappa shape index (κ2) is 11.8. The Labute approximate surface area is 170 Å². The van der Waals surface area contributed by atoms with Crippen LogP contribution < -0.4 is 14.8 Å². The highest BCUT2D eigenvalue weighted by atomic mass is 35.5. The Kier molecular flexibility index (Phi) is 9.36. The first kappa shape index (κ1) is 21.5. The Morgan fingerprint density at radius 2 is 1.74 bits per heavy atom. The lowest BCUT2D eigenvalue weighted by atomic mass is 10.1. The van der Waals surface area contributed by atoms with Crippen molar-refractivity contribution in [3.63, 3.8) is 0 Å². The van der Waals surface area contributed by atoms with Gasteiger partial charge in [-0.1, -0.05) is 17.7 Å². The summed E-state index contributed by atoms with van der Waals surface area (Å²) in [6, 6.07) is 13.6. The molecule has 0 spiro atoms. The summed E-state index contributed by atoms with van der Waals surface area (Å²) in [5, 5.41) is 3.70. The number of nitrogens with one attached hydrogen (secondary N) is 1. The summed E-state index contributed by atoms with van der Waals surface area (Å²) >= 11 is 7.57. The maximum Gasteiger partial charge on any atom is 0.220 e. The van der Waals surface area contributed by atoms with Crippen molar-refractivity contribution in [3.05, 3.63) is 53.1 Å². The molecule has 0 atom stereocenters. The predicted octanol–water partition coefficient (Wildman–Crippen LogP) is 4.98. The van der Waals surface area contributed by atoms with Crippen LogP contribution in [0.2, 0.25) is 5.02 Å². The second-order valence-electron chi connectivity index (χ2n) is 5.80. The maximum absolute atomic E-state index is 12.1. The average Bonchev–Trinajstić information content (AvgIpc) is 2.67. The molecule has 27 heavy (non-hydrogen) atoms. The van der Waals surface area contributed by atoms with Crippen LogP contribution in [-0.2, 0) is 11.2 Å². The molecule has 0 saturated heterocycles. The first-order chi connectivity index (χ1) is 13.1. The molecule has 0 saturated carbocycles. The number of amides is 1. The van der Waals surface area contributed by atoms with E-state index < -0.39 is 0 Å². The standard InChI is InChI=1S/C21H26ClNO3S/c1-3-25-19-11-5-16(15-20(19)26-4-2)6-12-21(24)23-13-14-27-18-9-7-17(22)8-10-18/h5,7-11,15H,3-4,6,12-14H2,1-2H3,(H,23,24). The molecule has 6 heteroatoms. The minimum absolute atomic E-state index is 0.0542. The van der Waals surface area contributed by atoms with Crippen molar-refractivity contribution in [2.45, 2.75) is 31.6 Å². The van der Waals surface area contributed by atoms with Gasteiger partial charge in [0.2, 0.25) is 5.91 Å². The summed E-state index contributed by atoms with van der Waals surface area (Å²) in [5.41, 5.74) is 1.06. The van der Waals surface area contributed by atoms with E-state index >= 15 is 0 Å². The molecule has 0 unspecified atom stereocenters. The third-order valence-corrected chi connectivity index (χ3v) is 5.02. The molecule has 2 aromatic rings. The third-order valence-electron chi connectivity index (χ3n) is 3.76. The predicted molar refractivity (Wildman–Crippen MR) is 112 cm³/mol. The molecule has 146 valence electrons. The Hall–Kier alpha value is -1.85. The number of benzene rings is 2. The molecule has 0 aliphatic heterocycles. The normalized spacial score (nSPS) is 10.5. The van der Waals surface area contributed by atoms with Gasteiger partial charge in [0.1, 0.15) is 0 Å². The second-order valence-corrected chi connectivity index (χ2v) is 7.40. The van der Waals surface area contributed by atoms with E-state index in [1.807, 2.05) is 56.3 Å². The van der Waals surface area contributed by atoms with Gasteiger partial charge in [0, 0.05) is 28.6 Å². The van der Waals surface area contributed by atoms with Gasteiger partial charge in [0.15, 0.2) is 11.5 Å². The molecule has 0 radical (unpaired) electrons. The van der Waals surface area contributed by atoms with Crippen LogP contribution in [-0.4, -0.2) is 31.4 Å². The largest absolute Gasteiger partial charge is 0.490 e. The van der Waals surface area contributed by atoms with Crippen molar-refractivity contribution in [2.75, 3.05) is 25.5 Å². The fraction of sp³-hybridized carbons (Fsp3) is 0.381. The number of rotatable bonds is 11. The van der Waals surface area contributed by atoms with Crippen LogP contribution in [0.5, 0.6) is 11.5 Å². The number of thioether (sulfide) groups is 1. The van der Waals surface area contributed by atoms with Gasteiger partial charge in [0.05, 0.1) is 13.2 Å². The molecule has 1 N–H and O–H groups in total. The first-order valence-corrected chi connectivity index (χ1v) is 10.5. The van der Waals surface area contributed by atoms with E-state index in [-0.39, 0.29) is 5.91 Å². The number of carbonyl (C=O) groups excluding carboxylic acids is 1. The summed E-state index contributed by atoms with van der Waals surface area (Å²) in [5.74, 6) is 2.35. The Bertz CT molecular complexity index is 722. The van der Waals surface area contributed by atoms with Gasteiger partial charge in [-0.15, -0.1) is 11.8 Å².